The third-order valence-electron chi connectivity index (χ3n) is 7.69. The van der Waals surface area contributed by atoms with Crippen LogP contribution in [-0.2, 0) is 16.2 Å². The summed E-state index contributed by atoms with van der Waals surface area (Å²) in [4.78, 5) is 36.5. The second-order valence-electron chi connectivity index (χ2n) is 9.51. The smallest absolute Gasteiger partial charge is 0.269 e. The van der Waals surface area contributed by atoms with Gasteiger partial charge in [0.25, 0.3) is 17.5 Å². The largest absolute Gasteiger partial charge is 0.493 e. The average molecular weight is 473 g/mol. The highest BCUT2D eigenvalue weighted by Crippen LogP contribution is 2.65. The fraction of sp³-hybridized carbons (Fsp3) is 0.346. The fourth-order valence-corrected chi connectivity index (χ4v) is 5.94. The van der Waals surface area contributed by atoms with Gasteiger partial charge in [-0.1, -0.05) is 12.2 Å². The minimum atomic E-state index is -0.450. The quantitative estimate of drug-likeness (QED) is 0.200. The zero-order valence-corrected chi connectivity index (χ0v) is 18.9. The van der Waals surface area contributed by atoms with E-state index < -0.39 is 4.92 Å². The first-order valence-electron chi connectivity index (χ1n) is 11.6. The Hall–Kier alpha value is -4.01. The number of carbonyl (C=O) groups excluding carboxylic acids is 2. The predicted molar refractivity (Wildman–Crippen MR) is 125 cm³/mol. The summed E-state index contributed by atoms with van der Waals surface area (Å²) in [6, 6.07) is 11.3. The number of amides is 2. The molecule has 2 bridgehead atoms. The number of imide groups is 1. The Morgan fingerprint density at radius 1 is 1.03 bits per heavy atom. The van der Waals surface area contributed by atoms with Gasteiger partial charge in [0.15, 0.2) is 11.5 Å². The molecule has 2 aromatic carbocycles. The van der Waals surface area contributed by atoms with Crippen LogP contribution in [0.25, 0.3) is 0 Å². The molecule has 3 fully saturated rings. The zero-order valence-electron chi connectivity index (χ0n) is 18.9. The molecule has 2 aromatic rings. The lowest BCUT2D eigenvalue weighted by molar-refractivity contribution is -0.384. The first-order valence-corrected chi connectivity index (χ1v) is 11.6. The number of nitro groups is 1. The standard InChI is InChI=1S/C26H23N3O6/c1-34-22-10-15(4-9-21(22)35-13-14-2-5-16(6-3-14)29(32)33)12-27-28-25(30)23-17-7-8-18(20-11-19(17)20)24(23)26(28)31/h2-10,12,17-20,23-24H,11,13H2,1H3/t17-,18-,19-,20-,23+,24+/m0/s1. The van der Waals surface area contributed by atoms with E-state index >= 15 is 0 Å². The van der Waals surface area contributed by atoms with E-state index in [9.17, 15) is 19.7 Å². The molecular weight excluding hydrogens is 450 g/mol. The molecule has 2 saturated carbocycles. The number of methoxy groups -OCH3 is 1. The van der Waals surface area contributed by atoms with Crippen LogP contribution in [0.4, 0.5) is 5.69 Å². The SMILES string of the molecule is COc1cc(C=NN2C(=O)[C@@H]3[C@H]4C=C[C@@H]([C@@H]5C[C@@H]45)[C@H]3C2=O)ccc1OCc1ccc([N+](=O)[O-])cc1. The minimum absolute atomic E-state index is 0.0184. The molecule has 1 heterocycles. The van der Waals surface area contributed by atoms with Crippen molar-refractivity contribution >= 4 is 23.7 Å². The van der Waals surface area contributed by atoms with Gasteiger partial charge in [-0.3, -0.25) is 19.7 Å². The van der Waals surface area contributed by atoms with Crippen molar-refractivity contribution < 1.29 is 24.0 Å². The molecule has 9 nitrogen and oxygen atoms in total. The third-order valence-corrected chi connectivity index (χ3v) is 7.69. The molecule has 0 radical (unpaired) electrons. The molecule has 0 aromatic heterocycles. The highest BCUT2D eigenvalue weighted by molar-refractivity contribution is 6.06. The summed E-state index contributed by atoms with van der Waals surface area (Å²) < 4.78 is 11.3. The minimum Gasteiger partial charge on any atom is -0.493 e. The molecule has 2 amide bonds. The molecule has 6 atom stereocenters. The summed E-state index contributed by atoms with van der Waals surface area (Å²) in [7, 11) is 1.52. The van der Waals surface area contributed by atoms with Crippen LogP contribution < -0.4 is 9.47 Å². The maximum Gasteiger partial charge on any atom is 0.269 e. The van der Waals surface area contributed by atoms with Crippen molar-refractivity contribution in [3.05, 3.63) is 75.9 Å². The van der Waals surface area contributed by atoms with Crippen molar-refractivity contribution in [2.75, 3.05) is 7.11 Å². The van der Waals surface area contributed by atoms with Crippen molar-refractivity contribution in [3.63, 3.8) is 0 Å². The molecule has 35 heavy (non-hydrogen) atoms. The van der Waals surface area contributed by atoms with Crippen molar-refractivity contribution in [1.82, 2.24) is 5.01 Å². The van der Waals surface area contributed by atoms with Gasteiger partial charge in [-0.15, -0.1) is 0 Å². The predicted octanol–water partition coefficient (Wildman–Crippen LogP) is 3.57. The summed E-state index contributed by atoms with van der Waals surface area (Å²) in [5, 5.41) is 16.1. The van der Waals surface area contributed by atoms with Crippen LogP contribution in [0.3, 0.4) is 0 Å². The van der Waals surface area contributed by atoms with Gasteiger partial charge >= 0.3 is 0 Å². The van der Waals surface area contributed by atoms with Crippen LogP contribution in [0.15, 0.2) is 59.7 Å². The number of nitrogens with zero attached hydrogens (tertiary/aromatic N) is 3. The van der Waals surface area contributed by atoms with Crippen molar-refractivity contribution in [1.29, 1.82) is 0 Å². The van der Waals surface area contributed by atoms with E-state index in [0.29, 0.717) is 28.9 Å². The van der Waals surface area contributed by atoms with Gasteiger partial charge in [-0.05, 0) is 71.6 Å². The van der Waals surface area contributed by atoms with Gasteiger partial charge in [0, 0.05) is 12.1 Å². The molecule has 5 aliphatic rings. The van der Waals surface area contributed by atoms with Crippen molar-refractivity contribution in [2.24, 2.45) is 40.6 Å². The maximum atomic E-state index is 13.1. The van der Waals surface area contributed by atoms with Crippen LogP contribution in [0, 0.1) is 45.6 Å². The van der Waals surface area contributed by atoms with Crippen LogP contribution in [-0.4, -0.2) is 35.1 Å². The average Bonchev–Trinajstić information content (AvgIpc) is 3.66. The molecule has 178 valence electrons. The topological polar surface area (TPSA) is 111 Å². The van der Waals surface area contributed by atoms with Gasteiger partial charge < -0.3 is 9.47 Å². The first kappa shape index (κ1) is 21.5. The van der Waals surface area contributed by atoms with Crippen LogP contribution in [0.1, 0.15) is 17.5 Å². The van der Waals surface area contributed by atoms with E-state index in [-0.39, 0.29) is 47.8 Å². The van der Waals surface area contributed by atoms with Gasteiger partial charge in [0.2, 0.25) is 0 Å². The highest BCUT2D eigenvalue weighted by Gasteiger charge is 2.67. The van der Waals surface area contributed by atoms with E-state index in [1.165, 1.54) is 25.5 Å². The third kappa shape index (κ3) is 3.50. The molecule has 4 aliphatic carbocycles. The first-order chi connectivity index (χ1) is 17.0. The highest BCUT2D eigenvalue weighted by atomic mass is 16.6. The number of rotatable bonds is 7. The number of allylic oxidation sites excluding steroid dienone is 2. The van der Waals surface area contributed by atoms with Crippen molar-refractivity contribution in [2.45, 2.75) is 13.0 Å². The summed E-state index contributed by atoms with van der Waals surface area (Å²) in [5.74, 6) is 1.44. The van der Waals surface area contributed by atoms with Gasteiger partial charge in [0.05, 0.1) is 30.1 Å². The zero-order chi connectivity index (χ0) is 24.3. The normalized spacial score (nSPS) is 29.9. The lowest BCUT2D eigenvalue weighted by Crippen LogP contribution is -2.40. The molecule has 1 aliphatic heterocycles. The molecule has 1 saturated heterocycles. The Morgan fingerprint density at radius 3 is 2.29 bits per heavy atom. The summed E-state index contributed by atoms with van der Waals surface area (Å²) in [6.07, 6.45) is 6.89. The van der Waals surface area contributed by atoms with Gasteiger partial charge in [-0.25, -0.2) is 0 Å². The second-order valence-corrected chi connectivity index (χ2v) is 9.51. The number of hydrogen-bond donors (Lipinski definition) is 0. The molecule has 0 unspecified atom stereocenters. The Kier molecular flexibility index (Phi) is 4.94. The molecule has 7 rings (SSSR count). The molecular formula is C26H23N3O6. The van der Waals surface area contributed by atoms with Gasteiger partial charge in [0.1, 0.15) is 6.61 Å². The van der Waals surface area contributed by atoms with Crippen LogP contribution >= 0.6 is 0 Å². The van der Waals surface area contributed by atoms with E-state index in [1.54, 1.807) is 30.3 Å². The van der Waals surface area contributed by atoms with E-state index in [2.05, 4.69) is 17.3 Å². The Morgan fingerprint density at radius 2 is 1.69 bits per heavy atom. The summed E-state index contributed by atoms with van der Waals surface area (Å²) in [6.45, 7) is 0.208. The summed E-state index contributed by atoms with van der Waals surface area (Å²) in [5.41, 5.74) is 1.45. The maximum absolute atomic E-state index is 13.1. The monoisotopic (exact) mass is 473 g/mol. The number of ether oxygens (including phenoxy) is 2. The Labute approximate surface area is 201 Å². The summed E-state index contributed by atoms with van der Waals surface area (Å²) >= 11 is 0. The molecule has 0 N–H and O–H groups in total. The molecule has 0 spiro atoms. The van der Waals surface area contributed by atoms with E-state index in [1.807, 2.05) is 0 Å². The molecule has 9 heteroatoms. The number of hydrogen-bond acceptors (Lipinski definition) is 7. The number of carbonyl (C=O) groups is 2. The van der Waals surface area contributed by atoms with Crippen molar-refractivity contribution in [3.8, 4) is 11.5 Å². The number of benzene rings is 2. The van der Waals surface area contributed by atoms with Crippen LogP contribution in [0.5, 0.6) is 11.5 Å². The van der Waals surface area contributed by atoms with Gasteiger partial charge in [-0.2, -0.15) is 10.1 Å². The lowest BCUT2D eigenvalue weighted by Gasteiger charge is -2.37. The van der Waals surface area contributed by atoms with Crippen LogP contribution in [0.2, 0.25) is 0 Å². The number of nitro benzene ring substituents is 1. The number of hydrazone groups is 1. The fourth-order valence-electron chi connectivity index (χ4n) is 5.94. The van der Waals surface area contributed by atoms with E-state index in [0.717, 1.165) is 17.0 Å². The number of non-ortho nitro benzene ring substituents is 1. The van der Waals surface area contributed by atoms with E-state index in [4.69, 9.17) is 9.47 Å². The Balaban J connectivity index is 1.15. The lowest BCUT2D eigenvalue weighted by atomic mass is 9.63. The second kappa shape index (κ2) is 8.04. The Bertz CT molecular complexity index is 1250.